The largest absolute Gasteiger partial charge is 0.522 e. The van der Waals surface area contributed by atoms with Crippen LogP contribution >= 0.6 is 46.4 Å². The smallest absolute Gasteiger partial charge is 0.391 e. The lowest BCUT2D eigenvalue weighted by molar-refractivity contribution is 0.0513. The van der Waals surface area contributed by atoms with Crippen LogP contribution in [0.5, 0.6) is 11.5 Å². The van der Waals surface area contributed by atoms with E-state index in [4.69, 9.17) is 65.4 Å². The van der Waals surface area contributed by atoms with E-state index in [1.807, 2.05) is 13.8 Å². The molecular weight excluding hydrogens is 642 g/mol. The lowest BCUT2D eigenvalue weighted by Crippen LogP contribution is -2.20. The number of carbonyl (C=O) groups is 4. The zero-order valence-electron chi connectivity index (χ0n) is 22.4. The predicted octanol–water partition coefficient (Wildman–Crippen LogP) is 9.34. The first-order valence-electron chi connectivity index (χ1n) is 12.3. The Morgan fingerprint density at radius 1 is 0.535 bits per heavy atom. The van der Waals surface area contributed by atoms with Gasteiger partial charge in [-0.2, -0.15) is 0 Å². The van der Waals surface area contributed by atoms with Crippen molar-refractivity contribution in [3.8, 4) is 11.5 Å². The second-order valence-electron chi connectivity index (χ2n) is 9.38. The minimum atomic E-state index is -1.32. The molecule has 0 aromatic heterocycles. The van der Waals surface area contributed by atoms with Crippen molar-refractivity contribution >= 4 is 70.7 Å². The fourth-order valence-electron chi connectivity index (χ4n) is 3.83. The lowest BCUT2D eigenvalue weighted by atomic mass is 9.78. The summed E-state index contributed by atoms with van der Waals surface area (Å²) < 4.78 is 19.7. The number of esters is 2. The van der Waals surface area contributed by atoms with Gasteiger partial charge >= 0.3 is 24.2 Å². The van der Waals surface area contributed by atoms with Crippen LogP contribution in [0.25, 0.3) is 0 Å². The van der Waals surface area contributed by atoms with Crippen molar-refractivity contribution in [2.45, 2.75) is 19.3 Å². The van der Waals surface area contributed by atoms with Crippen LogP contribution < -0.4 is 9.47 Å². The number of halogens is 4. The molecule has 0 fully saturated rings. The summed E-state index contributed by atoms with van der Waals surface area (Å²) in [5.74, 6) is -2.24. The fourth-order valence-corrected chi connectivity index (χ4v) is 4.96. The van der Waals surface area contributed by atoms with Crippen molar-refractivity contribution < 1.29 is 38.1 Å². The Kier molecular flexibility index (Phi) is 9.98. The van der Waals surface area contributed by atoms with E-state index in [2.05, 4.69) is 0 Å². The van der Waals surface area contributed by atoms with Crippen LogP contribution in [0.2, 0.25) is 20.1 Å². The van der Waals surface area contributed by atoms with Crippen LogP contribution in [0.4, 0.5) is 9.59 Å². The van der Waals surface area contributed by atoms with E-state index in [9.17, 15) is 19.2 Å². The van der Waals surface area contributed by atoms with Gasteiger partial charge in [0.25, 0.3) is 0 Å². The second-order valence-corrected chi connectivity index (χ2v) is 11.0. The Bertz CT molecular complexity index is 1530. The van der Waals surface area contributed by atoms with E-state index in [1.54, 1.807) is 36.4 Å². The minimum Gasteiger partial charge on any atom is -0.391 e. The maximum absolute atomic E-state index is 12.2. The number of ether oxygens (including phenoxy) is 4. The molecule has 12 heteroatoms. The third-order valence-electron chi connectivity index (χ3n) is 6.18. The van der Waals surface area contributed by atoms with Gasteiger partial charge in [-0.1, -0.05) is 96.6 Å². The molecule has 0 heterocycles. The highest BCUT2D eigenvalue weighted by Crippen LogP contribution is 2.44. The van der Waals surface area contributed by atoms with Crippen LogP contribution in [0.15, 0.2) is 84.9 Å². The molecule has 0 aliphatic rings. The topological polar surface area (TPSA) is 105 Å². The average Bonchev–Trinajstić information content (AvgIpc) is 2.97. The molecule has 0 atom stereocenters. The highest BCUT2D eigenvalue weighted by Gasteiger charge is 2.29. The van der Waals surface area contributed by atoms with E-state index >= 15 is 0 Å². The number of benzene rings is 4. The van der Waals surface area contributed by atoms with Crippen molar-refractivity contribution in [3.05, 3.63) is 127 Å². The third-order valence-corrected chi connectivity index (χ3v) is 7.30. The fraction of sp³-hybridized carbons (Fsp3) is 0.0968. The van der Waals surface area contributed by atoms with Gasteiger partial charge in [0, 0.05) is 5.41 Å². The average molecular weight is 662 g/mol. The molecule has 0 aliphatic carbocycles. The molecule has 0 aliphatic heterocycles. The number of hydrogen-bond acceptors (Lipinski definition) is 8. The molecule has 0 N–H and O–H groups in total. The SMILES string of the molecule is CC(C)(c1cc(Cl)c(OC(=O)OC(=O)c2ccccc2)c(Cl)c1)c1cc(Cl)c(OC(=O)OC(=O)c2ccccc2)c(Cl)c1. The van der Waals surface area contributed by atoms with Gasteiger partial charge in [0.2, 0.25) is 0 Å². The van der Waals surface area contributed by atoms with E-state index in [1.165, 1.54) is 48.5 Å². The van der Waals surface area contributed by atoms with Gasteiger partial charge in [-0.05, 0) is 59.7 Å². The molecule has 0 bridgehead atoms. The molecule has 4 aromatic carbocycles. The second kappa shape index (κ2) is 13.5. The summed E-state index contributed by atoms with van der Waals surface area (Å²) >= 11 is 25.6. The highest BCUT2D eigenvalue weighted by atomic mass is 35.5. The molecule has 43 heavy (non-hydrogen) atoms. The summed E-state index contributed by atoms with van der Waals surface area (Å²) in [7, 11) is 0. The molecule has 0 radical (unpaired) electrons. The van der Waals surface area contributed by atoms with E-state index in [0.29, 0.717) is 11.1 Å². The Labute approximate surface area is 265 Å². The number of hydrogen-bond donors (Lipinski definition) is 0. The normalized spacial score (nSPS) is 10.9. The third kappa shape index (κ3) is 7.66. The standard InChI is InChI=1S/C31H20Cl4O8/c1-31(2,19-13-21(32)25(22(33)14-19)40-29(38)42-27(36)17-9-5-3-6-10-17)20-15-23(34)26(24(35)16-20)41-30(39)43-28(37)18-11-7-4-8-12-18/h3-16H,1-2H3. The lowest BCUT2D eigenvalue weighted by Gasteiger charge is -2.28. The van der Waals surface area contributed by atoms with Crippen LogP contribution in [0.1, 0.15) is 45.7 Å². The number of rotatable bonds is 6. The van der Waals surface area contributed by atoms with Gasteiger partial charge in [-0.15, -0.1) is 0 Å². The summed E-state index contributed by atoms with van der Waals surface area (Å²) in [5.41, 5.74) is 0.597. The van der Waals surface area contributed by atoms with Crippen molar-refractivity contribution in [2.24, 2.45) is 0 Å². The molecule has 0 saturated heterocycles. The first-order valence-corrected chi connectivity index (χ1v) is 13.8. The van der Waals surface area contributed by atoms with Gasteiger partial charge < -0.3 is 18.9 Å². The molecule has 8 nitrogen and oxygen atoms in total. The van der Waals surface area contributed by atoms with Crippen molar-refractivity contribution in [3.63, 3.8) is 0 Å². The van der Waals surface area contributed by atoms with Gasteiger partial charge in [-0.25, -0.2) is 19.2 Å². The highest BCUT2D eigenvalue weighted by molar-refractivity contribution is 6.38. The van der Waals surface area contributed by atoms with Crippen molar-refractivity contribution in [2.75, 3.05) is 0 Å². The Balaban J connectivity index is 1.49. The van der Waals surface area contributed by atoms with E-state index in [0.717, 1.165) is 0 Å². The van der Waals surface area contributed by atoms with Crippen LogP contribution in [-0.2, 0) is 14.9 Å². The maximum atomic E-state index is 12.2. The van der Waals surface area contributed by atoms with Gasteiger partial charge in [0.15, 0.2) is 11.5 Å². The monoisotopic (exact) mass is 660 g/mol. The summed E-state index contributed by atoms with van der Waals surface area (Å²) in [5, 5.41) is -0.157. The first kappa shape index (κ1) is 31.8. The van der Waals surface area contributed by atoms with Gasteiger partial charge in [-0.3, -0.25) is 0 Å². The molecule has 0 spiro atoms. The van der Waals surface area contributed by atoms with E-state index in [-0.39, 0.29) is 42.7 Å². The molecule has 0 saturated carbocycles. The summed E-state index contributed by atoms with van der Waals surface area (Å²) in [4.78, 5) is 48.8. The Morgan fingerprint density at radius 3 is 1.14 bits per heavy atom. The molecular formula is C31H20Cl4O8. The van der Waals surface area contributed by atoms with Gasteiger partial charge in [0.05, 0.1) is 31.2 Å². The van der Waals surface area contributed by atoms with Crippen molar-refractivity contribution in [1.29, 1.82) is 0 Å². The molecule has 4 aromatic rings. The maximum Gasteiger partial charge on any atom is 0.522 e. The summed E-state index contributed by atoms with van der Waals surface area (Å²) in [6.07, 6.45) is -2.63. The van der Waals surface area contributed by atoms with Crippen molar-refractivity contribution in [1.82, 2.24) is 0 Å². The summed E-state index contributed by atoms with van der Waals surface area (Å²) in [6, 6.07) is 21.8. The zero-order chi connectivity index (χ0) is 31.3. The van der Waals surface area contributed by atoms with Gasteiger partial charge in [0.1, 0.15) is 0 Å². The molecule has 220 valence electrons. The molecule has 4 rings (SSSR count). The van der Waals surface area contributed by atoms with Crippen LogP contribution in [0, 0.1) is 0 Å². The first-order chi connectivity index (χ1) is 20.4. The quantitative estimate of drug-likeness (QED) is 0.114. The Morgan fingerprint density at radius 2 is 0.837 bits per heavy atom. The molecule has 0 unspecified atom stereocenters. The van der Waals surface area contributed by atoms with E-state index < -0.39 is 29.7 Å². The summed E-state index contributed by atoms with van der Waals surface area (Å²) in [6.45, 7) is 3.63. The zero-order valence-corrected chi connectivity index (χ0v) is 25.4. The number of carbonyl (C=O) groups excluding carboxylic acids is 4. The van der Waals surface area contributed by atoms with Crippen LogP contribution in [-0.4, -0.2) is 24.2 Å². The Hall–Kier alpha value is -4.08. The predicted molar refractivity (Wildman–Crippen MR) is 161 cm³/mol. The molecule has 0 amide bonds. The van der Waals surface area contributed by atoms with Crippen LogP contribution in [0.3, 0.4) is 0 Å². The minimum absolute atomic E-state index is 0.0392.